The average molecular weight is 381 g/mol. The summed E-state index contributed by atoms with van der Waals surface area (Å²) in [5.74, 6) is -0.177. The van der Waals surface area contributed by atoms with E-state index >= 15 is 0 Å². The molecule has 1 heterocycles. The Balaban J connectivity index is 1.72. The lowest BCUT2D eigenvalue weighted by atomic mass is 10.1. The van der Waals surface area contributed by atoms with E-state index in [1.54, 1.807) is 31.2 Å². The predicted molar refractivity (Wildman–Crippen MR) is 105 cm³/mol. The van der Waals surface area contributed by atoms with Gasteiger partial charge in [-0.2, -0.15) is 0 Å². The molecule has 0 unspecified atom stereocenters. The molecule has 0 spiro atoms. The molecular weight excluding hydrogens is 362 g/mol. The normalized spacial score (nSPS) is 10.4. The first-order valence-corrected chi connectivity index (χ1v) is 9.11. The van der Waals surface area contributed by atoms with Crippen molar-refractivity contribution in [3.8, 4) is 5.75 Å². The number of rotatable bonds is 6. The van der Waals surface area contributed by atoms with Gasteiger partial charge in [0.15, 0.2) is 0 Å². The number of para-hydroxylation sites is 1. The number of carbonyl (C=O) groups excluding carboxylic acids is 2. The van der Waals surface area contributed by atoms with Crippen LogP contribution in [0.2, 0.25) is 0 Å². The van der Waals surface area contributed by atoms with Gasteiger partial charge in [0.1, 0.15) is 22.2 Å². The maximum atomic E-state index is 12.6. The number of thiazole rings is 1. The molecule has 3 rings (SSSR count). The minimum absolute atomic E-state index is 0.260. The number of aromatic nitrogens is 1. The largest absolute Gasteiger partial charge is 0.486 e. The number of anilines is 1. The molecule has 0 saturated carbocycles. The number of nitrogens with zero attached hydrogens (tertiary/aromatic N) is 1. The van der Waals surface area contributed by atoms with Crippen molar-refractivity contribution in [3.63, 3.8) is 0 Å². The second-order valence-corrected chi connectivity index (χ2v) is 7.07. The third kappa shape index (κ3) is 4.51. The van der Waals surface area contributed by atoms with Crippen LogP contribution < -0.4 is 15.8 Å². The van der Waals surface area contributed by atoms with Crippen molar-refractivity contribution < 1.29 is 14.3 Å². The van der Waals surface area contributed by atoms with E-state index in [1.165, 1.54) is 11.3 Å². The van der Waals surface area contributed by atoms with Crippen molar-refractivity contribution >= 4 is 28.8 Å². The summed E-state index contributed by atoms with van der Waals surface area (Å²) in [5, 5.41) is 3.43. The van der Waals surface area contributed by atoms with E-state index in [0.29, 0.717) is 21.3 Å². The lowest BCUT2D eigenvalue weighted by molar-refractivity contribution is 0.100. The number of primary amides is 1. The van der Waals surface area contributed by atoms with Gasteiger partial charge < -0.3 is 15.8 Å². The summed E-state index contributed by atoms with van der Waals surface area (Å²) in [5.41, 5.74) is 7.70. The quantitative estimate of drug-likeness (QED) is 0.681. The van der Waals surface area contributed by atoms with Gasteiger partial charge in [-0.25, -0.2) is 4.98 Å². The molecule has 2 amide bonds. The van der Waals surface area contributed by atoms with Crippen molar-refractivity contribution in [2.24, 2.45) is 5.73 Å². The number of carbonyl (C=O) groups is 2. The van der Waals surface area contributed by atoms with Crippen molar-refractivity contribution in [1.82, 2.24) is 4.98 Å². The summed E-state index contributed by atoms with van der Waals surface area (Å²) >= 11 is 1.26. The Kier molecular flexibility index (Phi) is 5.52. The van der Waals surface area contributed by atoms with Crippen LogP contribution >= 0.6 is 11.3 Å². The van der Waals surface area contributed by atoms with Crippen LogP contribution in [-0.4, -0.2) is 16.8 Å². The fourth-order valence-electron chi connectivity index (χ4n) is 2.56. The Hall–Kier alpha value is -3.19. The van der Waals surface area contributed by atoms with Crippen LogP contribution in [-0.2, 0) is 6.61 Å². The van der Waals surface area contributed by atoms with E-state index in [1.807, 2.05) is 31.2 Å². The van der Waals surface area contributed by atoms with Gasteiger partial charge in [-0.05, 0) is 43.7 Å². The first-order chi connectivity index (χ1) is 12.9. The molecule has 7 heteroatoms. The van der Waals surface area contributed by atoms with Gasteiger partial charge in [0.05, 0.1) is 16.9 Å². The fourth-order valence-corrected chi connectivity index (χ4v) is 3.43. The second-order valence-electron chi connectivity index (χ2n) is 5.99. The molecule has 0 aliphatic carbocycles. The zero-order valence-electron chi connectivity index (χ0n) is 15.0. The molecular formula is C20H19N3O3S. The monoisotopic (exact) mass is 381 g/mol. The number of amides is 2. The van der Waals surface area contributed by atoms with E-state index in [-0.39, 0.29) is 18.1 Å². The molecule has 0 aliphatic rings. The third-order valence-corrected chi connectivity index (χ3v) is 4.97. The smallest absolute Gasteiger partial charge is 0.267 e. The van der Waals surface area contributed by atoms with Gasteiger partial charge in [-0.1, -0.05) is 24.3 Å². The highest BCUT2D eigenvalue weighted by molar-refractivity contribution is 7.13. The molecule has 6 nitrogen and oxygen atoms in total. The molecule has 0 aliphatic heterocycles. The van der Waals surface area contributed by atoms with Crippen molar-refractivity contribution in [1.29, 1.82) is 0 Å². The Labute approximate surface area is 161 Å². The van der Waals surface area contributed by atoms with Crippen molar-refractivity contribution in [2.75, 3.05) is 5.32 Å². The van der Waals surface area contributed by atoms with E-state index in [2.05, 4.69) is 10.3 Å². The fraction of sp³-hybridized carbons (Fsp3) is 0.150. The number of ether oxygens (including phenoxy) is 1. The van der Waals surface area contributed by atoms with Crippen molar-refractivity contribution in [3.05, 3.63) is 75.2 Å². The minimum Gasteiger partial charge on any atom is -0.486 e. The van der Waals surface area contributed by atoms with Crippen LogP contribution in [0.4, 0.5) is 5.69 Å². The molecule has 0 saturated heterocycles. The predicted octanol–water partition coefficient (Wildman–Crippen LogP) is 3.69. The van der Waals surface area contributed by atoms with Gasteiger partial charge >= 0.3 is 0 Å². The Morgan fingerprint density at radius 2 is 1.93 bits per heavy atom. The lowest BCUT2D eigenvalue weighted by Crippen LogP contribution is -2.18. The van der Waals surface area contributed by atoms with E-state index < -0.39 is 5.91 Å². The molecule has 27 heavy (non-hydrogen) atoms. The molecule has 2 aromatic carbocycles. The molecule has 3 aromatic rings. The number of hydrogen-bond donors (Lipinski definition) is 2. The standard InChI is InChI=1S/C20H19N3O3S/c1-12-6-5-7-14(10-12)26-11-17-22-13(2)18(27-17)20(25)23-16-9-4-3-8-15(16)19(21)24/h3-10H,11H2,1-2H3,(H2,21,24)(H,23,25). The highest BCUT2D eigenvalue weighted by Crippen LogP contribution is 2.23. The summed E-state index contributed by atoms with van der Waals surface area (Å²) in [4.78, 5) is 29.0. The van der Waals surface area contributed by atoms with E-state index in [4.69, 9.17) is 10.5 Å². The Morgan fingerprint density at radius 1 is 1.15 bits per heavy atom. The Bertz CT molecular complexity index is 998. The van der Waals surface area contributed by atoms with Crippen LogP contribution in [0.5, 0.6) is 5.75 Å². The summed E-state index contributed by atoms with van der Waals surface area (Å²) in [6, 6.07) is 14.3. The molecule has 0 bridgehead atoms. The van der Waals surface area contributed by atoms with Crippen LogP contribution in [0.3, 0.4) is 0 Å². The third-order valence-electron chi connectivity index (χ3n) is 3.84. The van der Waals surface area contributed by atoms with E-state index in [0.717, 1.165) is 11.3 Å². The second kappa shape index (κ2) is 8.01. The van der Waals surface area contributed by atoms with Gasteiger partial charge in [-0.3, -0.25) is 9.59 Å². The highest BCUT2D eigenvalue weighted by Gasteiger charge is 2.18. The van der Waals surface area contributed by atoms with Gasteiger partial charge in [-0.15, -0.1) is 11.3 Å². The summed E-state index contributed by atoms with van der Waals surface area (Å²) in [6.07, 6.45) is 0. The molecule has 3 N–H and O–H groups in total. The number of nitrogens with two attached hydrogens (primary N) is 1. The summed E-state index contributed by atoms with van der Waals surface area (Å²) in [7, 11) is 0. The molecule has 0 fully saturated rings. The van der Waals surface area contributed by atoms with Crippen molar-refractivity contribution in [2.45, 2.75) is 20.5 Å². The first-order valence-electron chi connectivity index (χ1n) is 8.30. The van der Waals surface area contributed by atoms with Crippen LogP contribution in [0.25, 0.3) is 0 Å². The number of benzene rings is 2. The summed E-state index contributed by atoms with van der Waals surface area (Å²) < 4.78 is 5.74. The molecule has 0 atom stereocenters. The maximum absolute atomic E-state index is 12.6. The van der Waals surface area contributed by atoms with E-state index in [9.17, 15) is 9.59 Å². The molecule has 0 radical (unpaired) electrons. The zero-order valence-corrected chi connectivity index (χ0v) is 15.8. The zero-order chi connectivity index (χ0) is 19.4. The van der Waals surface area contributed by atoms with Gasteiger partial charge in [0.25, 0.3) is 11.8 Å². The number of hydrogen-bond acceptors (Lipinski definition) is 5. The van der Waals surface area contributed by atoms with Gasteiger partial charge in [0, 0.05) is 0 Å². The van der Waals surface area contributed by atoms with Crippen LogP contribution in [0, 0.1) is 13.8 Å². The Morgan fingerprint density at radius 3 is 2.67 bits per heavy atom. The molecule has 138 valence electrons. The topological polar surface area (TPSA) is 94.3 Å². The summed E-state index contributed by atoms with van der Waals surface area (Å²) in [6.45, 7) is 4.04. The molecule has 1 aromatic heterocycles. The SMILES string of the molecule is Cc1cccc(OCc2nc(C)c(C(=O)Nc3ccccc3C(N)=O)s2)c1. The lowest BCUT2D eigenvalue weighted by Gasteiger charge is -2.07. The number of nitrogens with one attached hydrogen (secondary N) is 1. The van der Waals surface area contributed by atoms with Gasteiger partial charge in [0.2, 0.25) is 0 Å². The number of aryl methyl sites for hydroxylation is 2. The minimum atomic E-state index is -0.598. The average Bonchev–Trinajstić information content (AvgIpc) is 3.01. The maximum Gasteiger partial charge on any atom is 0.267 e. The first kappa shape index (κ1) is 18.6. The van der Waals surface area contributed by atoms with Crippen LogP contribution in [0.15, 0.2) is 48.5 Å². The highest BCUT2D eigenvalue weighted by atomic mass is 32.1. The van der Waals surface area contributed by atoms with Crippen LogP contribution in [0.1, 0.15) is 36.3 Å².